The van der Waals surface area contributed by atoms with E-state index < -0.39 is 6.04 Å². The highest BCUT2D eigenvalue weighted by molar-refractivity contribution is 8.13. The van der Waals surface area contributed by atoms with Gasteiger partial charge in [-0.3, -0.25) is 15.0 Å². The SMILES string of the molecule is N=C(N)SC[C@@H]1NC(=O)C2CCCN2C1=O. The number of carbonyl (C=O) groups is 2. The van der Waals surface area contributed by atoms with Crippen molar-refractivity contribution in [1.82, 2.24) is 10.2 Å². The summed E-state index contributed by atoms with van der Waals surface area (Å²) in [6.07, 6.45) is 1.64. The van der Waals surface area contributed by atoms with Crippen molar-refractivity contribution in [3.8, 4) is 0 Å². The number of hydrogen-bond acceptors (Lipinski definition) is 4. The van der Waals surface area contributed by atoms with E-state index in [9.17, 15) is 9.59 Å². The molecule has 2 fully saturated rings. The molecule has 0 aliphatic carbocycles. The minimum Gasteiger partial charge on any atom is -0.379 e. The highest BCUT2D eigenvalue weighted by Crippen LogP contribution is 2.22. The van der Waals surface area contributed by atoms with Crippen LogP contribution in [-0.4, -0.2) is 46.3 Å². The second-order valence-electron chi connectivity index (χ2n) is 3.93. The number of nitrogens with one attached hydrogen (secondary N) is 2. The number of amidine groups is 1. The number of nitrogens with two attached hydrogens (primary N) is 1. The Balaban J connectivity index is 2.02. The molecule has 2 saturated heterocycles. The minimum absolute atomic E-state index is 0.0365. The molecule has 2 aliphatic rings. The van der Waals surface area contributed by atoms with Gasteiger partial charge < -0.3 is 16.0 Å². The van der Waals surface area contributed by atoms with Gasteiger partial charge in [0, 0.05) is 12.3 Å². The molecular formula is C9H14N4O2S. The lowest BCUT2D eigenvalue weighted by Gasteiger charge is -2.34. The lowest BCUT2D eigenvalue weighted by Crippen LogP contribution is -2.62. The van der Waals surface area contributed by atoms with Gasteiger partial charge in [0.2, 0.25) is 11.8 Å². The summed E-state index contributed by atoms with van der Waals surface area (Å²) in [4.78, 5) is 25.3. The number of carbonyl (C=O) groups excluding carboxylic acids is 2. The number of rotatable bonds is 2. The molecule has 4 N–H and O–H groups in total. The van der Waals surface area contributed by atoms with E-state index in [1.165, 1.54) is 0 Å². The maximum absolute atomic E-state index is 12.0. The fraction of sp³-hybridized carbons (Fsp3) is 0.667. The van der Waals surface area contributed by atoms with E-state index in [1.807, 2.05) is 0 Å². The average Bonchev–Trinajstić information content (AvgIpc) is 2.70. The molecule has 0 bridgehead atoms. The predicted molar refractivity (Wildman–Crippen MR) is 61.0 cm³/mol. The molecule has 0 aromatic carbocycles. The number of amides is 2. The summed E-state index contributed by atoms with van der Waals surface area (Å²) >= 11 is 1.08. The summed E-state index contributed by atoms with van der Waals surface area (Å²) in [5.74, 6) is 0.213. The summed E-state index contributed by atoms with van der Waals surface area (Å²) < 4.78 is 0. The van der Waals surface area contributed by atoms with E-state index >= 15 is 0 Å². The van der Waals surface area contributed by atoms with Crippen molar-refractivity contribution in [1.29, 1.82) is 5.41 Å². The van der Waals surface area contributed by atoms with Crippen LogP contribution in [0, 0.1) is 5.41 Å². The molecule has 2 atom stereocenters. The Labute approximate surface area is 97.4 Å². The van der Waals surface area contributed by atoms with Crippen LogP contribution in [0.1, 0.15) is 12.8 Å². The third kappa shape index (κ3) is 1.99. The zero-order chi connectivity index (χ0) is 11.7. The highest BCUT2D eigenvalue weighted by Gasteiger charge is 2.42. The fourth-order valence-corrected chi connectivity index (χ4v) is 2.69. The first-order valence-electron chi connectivity index (χ1n) is 5.17. The van der Waals surface area contributed by atoms with Crippen LogP contribution in [0.15, 0.2) is 0 Å². The molecule has 0 aromatic rings. The molecule has 2 amide bonds. The number of piperazine rings is 1. The van der Waals surface area contributed by atoms with E-state index in [0.717, 1.165) is 24.6 Å². The highest BCUT2D eigenvalue weighted by atomic mass is 32.2. The average molecular weight is 242 g/mol. The molecule has 7 heteroatoms. The van der Waals surface area contributed by atoms with Crippen LogP contribution in [0.2, 0.25) is 0 Å². The van der Waals surface area contributed by atoms with Crippen molar-refractivity contribution in [3.63, 3.8) is 0 Å². The summed E-state index contributed by atoms with van der Waals surface area (Å²) in [6, 6.07) is -0.804. The molecule has 2 aliphatic heterocycles. The summed E-state index contributed by atoms with van der Waals surface area (Å²) in [5.41, 5.74) is 5.21. The summed E-state index contributed by atoms with van der Waals surface area (Å²) in [5, 5.41) is 9.73. The van der Waals surface area contributed by atoms with Crippen LogP contribution in [0.4, 0.5) is 0 Å². The Morgan fingerprint density at radius 1 is 1.62 bits per heavy atom. The second kappa shape index (κ2) is 4.32. The Morgan fingerprint density at radius 3 is 3.06 bits per heavy atom. The Bertz CT molecular complexity index is 346. The lowest BCUT2D eigenvalue weighted by atomic mass is 10.1. The Morgan fingerprint density at radius 2 is 2.38 bits per heavy atom. The molecular weight excluding hydrogens is 228 g/mol. The maximum atomic E-state index is 12.0. The number of hydrogen-bond donors (Lipinski definition) is 3. The standard InChI is InChI=1S/C9H14N4O2S/c10-9(11)16-4-5-8(15)13-3-1-2-6(13)7(14)12-5/h5-6H,1-4H2,(H3,10,11)(H,12,14)/t5-,6?/m0/s1. The molecule has 2 heterocycles. The smallest absolute Gasteiger partial charge is 0.246 e. The zero-order valence-electron chi connectivity index (χ0n) is 8.73. The van der Waals surface area contributed by atoms with E-state index in [0.29, 0.717) is 12.3 Å². The molecule has 16 heavy (non-hydrogen) atoms. The monoisotopic (exact) mass is 242 g/mol. The quantitative estimate of drug-likeness (QED) is 0.432. The van der Waals surface area contributed by atoms with Gasteiger partial charge in [-0.2, -0.15) is 0 Å². The van der Waals surface area contributed by atoms with Crippen molar-refractivity contribution in [2.24, 2.45) is 5.73 Å². The molecule has 0 saturated carbocycles. The summed E-state index contributed by atoms with van der Waals surface area (Å²) in [6.45, 7) is 0.665. The van der Waals surface area contributed by atoms with Gasteiger partial charge in [-0.15, -0.1) is 0 Å². The molecule has 0 spiro atoms. The van der Waals surface area contributed by atoms with Crippen molar-refractivity contribution in [2.75, 3.05) is 12.3 Å². The van der Waals surface area contributed by atoms with Gasteiger partial charge in [-0.25, -0.2) is 0 Å². The Kier molecular flexibility index (Phi) is 3.04. The Hall–Kier alpha value is -1.24. The van der Waals surface area contributed by atoms with Gasteiger partial charge in [0.25, 0.3) is 0 Å². The number of fused-ring (bicyclic) bond motifs is 1. The molecule has 88 valence electrons. The van der Waals surface area contributed by atoms with E-state index in [-0.39, 0.29) is 23.0 Å². The second-order valence-corrected chi connectivity index (χ2v) is 4.99. The van der Waals surface area contributed by atoms with E-state index in [2.05, 4.69) is 5.32 Å². The van der Waals surface area contributed by atoms with Gasteiger partial charge in [0.15, 0.2) is 5.17 Å². The van der Waals surface area contributed by atoms with Crippen molar-refractivity contribution >= 4 is 28.7 Å². The van der Waals surface area contributed by atoms with Gasteiger partial charge >= 0.3 is 0 Å². The summed E-state index contributed by atoms with van der Waals surface area (Å²) in [7, 11) is 0. The number of thioether (sulfide) groups is 1. The van der Waals surface area contributed by atoms with Crippen LogP contribution in [0.25, 0.3) is 0 Å². The van der Waals surface area contributed by atoms with Crippen molar-refractivity contribution < 1.29 is 9.59 Å². The zero-order valence-corrected chi connectivity index (χ0v) is 9.55. The first-order valence-corrected chi connectivity index (χ1v) is 6.16. The predicted octanol–water partition coefficient (Wildman–Crippen LogP) is -0.898. The van der Waals surface area contributed by atoms with Crippen LogP contribution in [0.3, 0.4) is 0 Å². The van der Waals surface area contributed by atoms with Gasteiger partial charge in [-0.05, 0) is 12.8 Å². The van der Waals surface area contributed by atoms with E-state index in [4.69, 9.17) is 11.1 Å². The fourth-order valence-electron chi connectivity index (χ4n) is 2.12. The normalized spacial score (nSPS) is 28.9. The third-order valence-corrected chi connectivity index (χ3v) is 3.67. The largest absolute Gasteiger partial charge is 0.379 e. The lowest BCUT2D eigenvalue weighted by molar-refractivity contribution is -0.146. The first-order chi connectivity index (χ1) is 7.59. The minimum atomic E-state index is -0.532. The topological polar surface area (TPSA) is 99.3 Å². The van der Waals surface area contributed by atoms with Crippen LogP contribution < -0.4 is 11.1 Å². The van der Waals surface area contributed by atoms with Crippen molar-refractivity contribution in [2.45, 2.75) is 24.9 Å². The first kappa shape index (κ1) is 11.3. The molecule has 2 rings (SSSR count). The molecule has 1 unspecified atom stereocenters. The van der Waals surface area contributed by atoms with Gasteiger partial charge in [-0.1, -0.05) is 11.8 Å². The molecule has 0 aromatic heterocycles. The van der Waals surface area contributed by atoms with Crippen LogP contribution >= 0.6 is 11.8 Å². The van der Waals surface area contributed by atoms with Crippen molar-refractivity contribution in [3.05, 3.63) is 0 Å². The molecule has 0 radical (unpaired) electrons. The van der Waals surface area contributed by atoms with Crippen LogP contribution in [0.5, 0.6) is 0 Å². The van der Waals surface area contributed by atoms with Gasteiger partial charge in [0.05, 0.1) is 0 Å². The van der Waals surface area contributed by atoms with Gasteiger partial charge in [0.1, 0.15) is 12.1 Å². The number of nitrogens with zero attached hydrogens (tertiary/aromatic N) is 1. The van der Waals surface area contributed by atoms with E-state index in [1.54, 1.807) is 4.90 Å². The maximum Gasteiger partial charge on any atom is 0.246 e. The van der Waals surface area contributed by atoms with Crippen LogP contribution in [-0.2, 0) is 9.59 Å². The molecule has 6 nitrogen and oxygen atoms in total. The third-order valence-electron chi connectivity index (χ3n) is 2.86.